The molecule has 68 heteroatoms. The highest BCUT2D eigenvalue weighted by atomic mass is 35.5. The number of hydrogen-bond donors (Lipinski definition) is 18. The number of nitrogens with one attached hydrogen (secondary N) is 6. The number of anilines is 6. The van der Waals surface area contributed by atoms with Crippen molar-refractivity contribution in [2.75, 3.05) is 31.9 Å². The van der Waals surface area contributed by atoms with Gasteiger partial charge >= 0.3 is 46.9 Å². The van der Waals surface area contributed by atoms with Crippen LogP contribution in [0.25, 0.3) is 0 Å². The molecule has 6 amide bonds. The van der Waals surface area contributed by atoms with Gasteiger partial charge in [0.25, 0.3) is 47.3 Å². The van der Waals surface area contributed by atoms with Gasteiger partial charge in [-0.05, 0) is 168 Å². The molecular weight excluding hydrogens is 2080 g/mol. The number of phosphoric ester groups is 6. The molecular formula is C69H76Cl6F2N24O30P6. The van der Waals surface area contributed by atoms with Crippen LogP contribution in [0.15, 0.2) is 134 Å². The Labute approximate surface area is 798 Å². The van der Waals surface area contributed by atoms with Gasteiger partial charge in [-0.25, -0.2) is 27.4 Å². The highest BCUT2D eigenvalue weighted by Crippen LogP contribution is 2.43. The minimum absolute atomic E-state index is 0.0500. The Kier molecular flexibility index (Phi) is 41.1. The van der Waals surface area contributed by atoms with E-state index in [1.807, 2.05) is 41.5 Å². The van der Waals surface area contributed by atoms with Gasteiger partial charge in [-0.2, -0.15) is 58.0 Å². The predicted octanol–water partition coefficient (Wildman–Crippen LogP) is 11.3. The average molecular weight is 2160 g/mol. The van der Waals surface area contributed by atoms with Gasteiger partial charge in [0.2, 0.25) is 11.4 Å². The topological polar surface area (TPSA) is 759 Å². The van der Waals surface area contributed by atoms with Gasteiger partial charge in [-0.3, -0.25) is 55.9 Å². The van der Waals surface area contributed by atoms with E-state index in [1.165, 1.54) is 32.9 Å². The monoisotopic (exact) mass is 2150 g/mol. The first kappa shape index (κ1) is 113. The van der Waals surface area contributed by atoms with Crippen LogP contribution in [0.4, 0.5) is 42.9 Å². The van der Waals surface area contributed by atoms with Gasteiger partial charge in [0.15, 0.2) is 61.7 Å². The lowest BCUT2D eigenvalue weighted by molar-refractivity contribution is 0.0744. The molecule has 0 spiro atoms. The molecule has 0 radical (unpaired) electrons. The van der Waals surface area contributed by atoms with Crippen molar-refractivity contribution in [1.29, 1.82) is 0 Å². The van der Waals surface area contributed by atoms with E-state index in [9.17, 15) is 64.9 Å². The van der Waals surface area contributed by atoms with Crippen LogP contribution in [0.2, 0.25) is 30.1 Å². The molecule has 6 aromatic heterocycles. The first-order valence-corrected chi connectivity index (χ1v) is 48.6. The number of benzene rings is 6. The smallest absolute Gasteiger partial charge is 0.319 e. The van der Waals surface area contributed by atoms with Crippen LogP contribution in [0.3, 0.4) is 0 Å². The Morgan fingerprint density at radius 1 is 0.307 bits per heavy atom. The van der Waals surface area contributed by atoms with Crippen molar-refractivity contribution in [3.8, 4) is 0 Å². The van der Waals surface area contributed by atoms with Crippen molar-refractivity contribution < 1.29 is 151 Å². The average Bonchev–Trinajstić information content (AvgIpc) is 1.68. The second-order valence-corrected chi connectivity index (χ2v) is 36.9. The Morgan fingerprint density at radius 2 is 0.533 bits per heavy atom. The van der Waals surface area contributed by atoms with Crippen LogP contribution in [0, 0.1) is 53.4 Å². The molecule has 0 aliphatic rings. The Hall–Kier alpha value is -10.8. The molecule has 12 aromatic rings. The van der Waals surface area contributed by atoms with Crippen LogP contribution in [-0.4, -0.2) is 184 Å². The van der Waals surface area contributed by atoms with E-state index >= 15 is 0 Å². The zero-order chi connectivity index (χ0) is 102. The zero-order valence-corrected chi connectivity index (χ0v) is 80.9. The van der Waals surface area contributed by atoms with Gasteiger partial charge < -0.3 is 90.6 Å². The van der Waals surface area contributed by atoms with Crippen molar-refractivity contribution in [3.63, 3.8) is 0 Å². The SMILES string of the molecule is Cc1ccc(NC(=O)c2cnn(C(C)OP(=O)(O)O)n2)c(Cl)c1.Cc1ccc(NC(=O)c2cnn(C(C)OP(=O)(O)O)n2)c(Cl)c1.Cc1ccc(NC(=O)c2cnn(COP(=O)(O)O)n2)c(Cl)c1.Cc1ccc(NC(=O)c2cnn(COP(=O)(O)O)n2)c(Cl)c1.Cc1ccc(NC(=O)c2nn(C(C)OP(=O)(O)O)nc2F)c(Cl)c1.Cc1ccc(NC(=O)c2nn(COP(=O)(O)O)nc2F)c(Cl)c1. The molecule has 738 valence electrons. The van der Waals surface area contributed by atoms with E-state index in [-0.39, 0.29) is 44.2 Å². The normalized spacial score (nSPS) is 12.2. The summed E-state index contributed by atoms with van der Waals surface area (Å²) in [6, 6.07) is 30.2. The number of carbonyl (C=O) groups excluding carboxylic acids is 6. The van der Waals surface area contributed by atoms with Gasteiger partial charge in [0.1, 0.15) is 0 Å². The molecule has 12 rings (SSSR count). The van der Waals surface area contributed by atoms with E-state index in [0.717, 1.165) is 77.4 Å². The van der Waals surface area contributed by atoms with Crippen molar-refractivity contribution in [1.82, 2.24) is 90.0 Å². The first-order valence-electron chi connectivity index (χ1n) is 37.2. The van der Waals surface area contributed by atoms with Crippen molar-refractivity contribution >= 4 is 186 Å². The number of aromatic nitrogens is 18. The summed E-state index contributed by atoms with van der Waals surface area (Å²) < 4.78 is 117. The molecule has 0 aliphatic heterocycles. The second kappa shape index (κ2) is 49.7. The van der Waals surface area contributed by atoms with E-state index in [4.69, 9.17) is 128 Å². The first-order chi connectivity index (χ1) is 63.5. The van der Waals surface area contributed by atoms with Crippen molar-refractivity contribution in [3.05, 3.63) is 244 Å². The summed E-state index contributed by atoms with van der Waals surface area (Å²) >= 11 is 36.0. The third kappa shape index (κ3) is 39.2. The molecule has 0 saturated heterocycles. The summed E-state index contributed by atoms with van der Waals surface area (Å²) in [7, 11) is -28.2. The highest BCUT2D eigenvalue weighted by Gasteiger charge is 2.30. The number of hydrogen-bond acceptors (Lipinski definition) is 30. The molecule has 54 nitrogen and oxygen atoms in total. The molecule has 0 fully saturated rings. The molecule has 6 heterocycles. The molecule has 3 unspecified atom stereocenters. The summed E-state index contributed by atoms with van der Waals surface area (Å²) in [4.78, 5) is 180. The van der Waals surface area contributed by atoms with Gasteiger partial charge in [0.05, 0.1) is 89.0 Å². The van der Waals surface area contributed by atoms with E-state index in [0.29, 0.717) is 52.4 Å². The molecule has 18 N–H and O–H groups in total. The number of rotatable bonds is 30. The molecule has 137 heavy (non-hydrogen) atoms. The predicted molar refractivity (Wildman–Crippen MR) is 478 cm³/mol. The molecule has 6 aromatic carbocycles. The third-order valence-electron chi connectivity index (χ3n) is 15.8. The third-order valence-corrected chi connectivity index (χ3v) is 20.7. The molecule has 0 aliphatic carbocycles. The minimum atomic E-state index is -4.82. The summed E-state index contributed by atoms with van der Waals surface area (Å²) in [6.45, 7) is 12.9. The lowest BCUT2D eigenvalue weighted by atomic mass is 10.2. The summed E-state index contributed by atoms with van der Waals surface area (Å²) in [6.07, 6.45) is 0.917. The van der Waals surface area contributed by atoms with E-state index in [1.54, 1.807) is 97.1 Å². The number of phosphoric acid groups is 6. The lowest BCUT2D eigenvalue weighted by Crippen LogP contribution is -2.16. The second-order valence-electron chi connectivity index (χ2n) is 27.1. The standard InChI is InChI=1S/C12H13ClFN4O5P.2C12H14ClN4O5P.C11H11ClFN4O5P.2C11H12ClN4O5P/c1-6-3-4-9(8(13)5-6)15-12(19)10-11(14)17-18(16-10)7(2)23-24(20,21)22;2*1-7-3-4-10(9(13)5-7)15-12(18)11-6-14-17(16-11)8(2)22-23(19,20)21;1-6-2-3-8(7(12)4-6)14-11(18)9-10(13)16-17(15-9)5-22-23(19,20)21;2*1-7-2-3-9(8(12)4-7)14-11(17)10-5-13-16(15-10)6-21-22(18,19)20/h3-5,7H,1-2H3,(H,15,19)(H2,20,21,22);2*3-6,8H,1-2H3,(H,15,18)(H2,19,20,21);2-4H,5H2,1H3,(H,14,18)(H2,19,20,21);2*2-5H,6H2,1H3,(H,14,17)(H2,18,19,20). The van der Waals surface area contributed by atoms with Crippen LogP contribution in [0.1, 0.15) is 136 Å². The van der Waals surface area contributed by atoms with Crippen LogP contribution in [-0.2, 0) is 74.7 Å². The van der Waals surface area contributed by atoms with Gasteiger partial charge in [-0.1, -0.05) is 106 Å². The highest BCUT2D eigenvalue weighted by molar-refractivity contribution is 7.47. The number of carbonyl (C=O) groups is 6. The number of halogens is 8. The maximum atomic E-state index is 13.8. The van der Waals surface area contributed by atoms with Crippen molar-refractivity contribution in [2.45, 2.75) is 101 Å². The van der Waals surface area contributed by atoms with Crippen LogP contribution in [0.5, 0.6) is 0 Å². The maximum absolute atomic E-state index is 13.8. The number of nitrogens with zero attached hydrogens (tertiary/aromatic N) is 18. The fraction of sp³-hybridized carbons (Fsp3) is 0.217. The maximum Gasteiger partial charge on any atom is 0.471 e. The molecule has 0 saturated carbocycles. The number of aryl methyl sites for hydroxylation is 6. The summed E-state index contributed by atoms with van der Waals surface area (Å²) in [5.41, 5.74) is 6.15. The van der Waals surface area contributed by atoms with E-state index < -0.39 is 145 Å². The lowest BCUT2D eigenvalue weighted by Gasteiger charge is -2.12. The zero-order valence-electron chi connectivity index (χ0n) is 71.0. The minimum Gasteiger partial charge on any atom is -0.319 e. The molecule has 0 bridgehead atoms. The fourth-order valence-electron chi connectivity index (χ4n) is 9.71. The van der Waals surface area contributed by atoms with Crippen LogP contribution < -0.4 is 31.9 Å². The van der Waals surface area contributed by atoms with Crippen molar-refractivity contribution in [2.24, 2.45) is 0 Å². The summed E-state index contributed by atoms with van der Waals surface area (Å²) in [5.74, 6) is -6.54. The van der Waals surface area contributed by atoms with Gasteiger partial charge in [0, 0.05) is 0 Å². The fourth-order valence-corrected chi connectivity index (χ4v) is 13.6. The van der Waals surface area contributed by atoms with Gasteiger partial charge in [-0.15, -0.1) is 40.8 Å². The Morgan fingerprint density at radius 3 is 0.788 bits per heavy atom. The Balaban J connectivity index is 0.000000224. The molecule has 3 atom stereocenters. The van der Waals surface area contributed by atoms with Crippen LogP contribution >= 0.6 is 117 Å². The summed E-state index contributed by atoms with van der Waals surface area (Å²) in [5, 5.41) is 60.4. The number of amides is 6. The van der Waals surface area contributed by atoms with E-state index in [2.05, 4.69) is 120 Å². The Bertz CT molecular complexity index is 6410. The largest absolute Gasteiger partial charge is 0.471 e. The quantitative estimate of drug-likeness (QED) is 0.0186.